The largest absolute Gasteiger partial charge is 0.396 e. The van der Waals surface area contributed by atoms with Crippen molar-refractivity contribution in [3.05, 3.63) is 0 Å². The van der Waals surface area contributed by atoms with E-state index < -0.39 is 0 Å². The van der Waals surface area contributed by atoms with Gasteiger partial charge in [0.2, 0.25) is 5.91 Å². The summed E-state index contributed by atoms with van der Waals surface area (Å²) in [6, 6.07) is 0.0629. The van der Waals surface area contributed by atoms with Crippen molar-refractivity contribution in [2.24, 2.45) is 11.3 Å². The predicted molar refractivity (Wildman–Crippen MR) is 77.8 cm³/mol. The molecule has 3 nitrogen and oxygen atoms in total. The van der Waals surface area contributed by atoms with Gasteiger partial charge in [-0.15, -0.1) is 0 Å². The summed E-state index contributed by atoms with van der Waals surface area (Å²) in [5.74, 6) is 3.09. The van der Waals surface area contributed by atoms with Gasteiger partial charge in [-0.1, -0.05) is 20.8 Å². The molecule has 1 heterocycles. The molecule has 106 valence electrons. The molecule has 0 aromatic carbocycles. The number of nitrogens with one attached hydrogen (secondary N) is 1. The van der Waals surface area contributed by atoms with E-state index in [1.165, 1.54) is 11.5 Å². The zero-order valence-corrected chi connectivity index (χ0v) is 12.7. The van der Waals surface area contributed by atoms with Crippen LogP contribution in [0.15, 0.2) is 0 Å². The standard InChI is InChI=1S/C14H27NO2S/c1-14(2,3)12(4-7-16)15-13(17)10-11-5-8-18-9-6-11/h11-12,16H,4-10H2,1-3H3,(H,15,17). The topological polar surface area (TPSA) is 49.3 Å². The summed E-state index contributed by atoms with van der Waals surface area (Å²) < 4.78 is 0. The maximum Gasteiger partial charge on any atom is 0.220 e. The highest BCUT2D eigenvalue weighted by atomic mass is 32.2. The Kier molecular flexibility index (Phi) is 6.50. The number of thioether (sulfide) groups is 1. The molecule has 0 saturated carbocycles. The van der Waals surface area contributed by atoms with Crippen molar-refractivity contribution in [2.75, 3.05) is 18.1 Å². The van der Waals surface area contributed by atoms with Crippen LogP contribution in [0.5, 0.6) is 0 Å². The lowest BCUT2D eigenvalue weighted by atomic mass is 9.84. The average Bonchev–Trinajstić information content (AvgIpc) is 2.28. The summed E-state index contributed by atoms with van der Waals surface area (Å²) >= 11 is 1.99. The Balaban J connectivity index is 2.40. The van der Waals surface area contributed by atoms with E-state index in [0.717, 1.165) is 12.8 Å². The fraction of sp³-hybridized carbons (Fsp3) is 0.929. The third-order valence-electron chi connectivity index (χ3n) is 3.61. The van der Waals surface area contributed by atoms with Crippen molar-refractivity contribution in [3.63, 3.8) is 0 Å². The van der Waals surface area contributed by atoms with E-state index in [2.05, 4.69) is 26.1 Å². The summed E-state index contributed by atoms with van der Waals surface area (Å²) in [7, 11) is 0. The molecule has 18 heavy (non-hydrogen) atoms. The lowest BCUT2D eigenvalue weighted by molar-refractivity contribution is -0.123. The molecule has 0 radical (unpaired) electrons. The van der Waals surface area contributed by atoms with Gasteiger partial charge < -0.3 is 10.4 Å². The average molecular weight is 273 g/mol. The Morgan fingerprint density at radius 3 is 2.50 bits per heavy atom. The van der Waals surface area contributed by atoms with Crippen molar-refractivity contribution < 1.29 is 9.90 Å². The zero-order valence-electron chi connectivity index (χ0n) is 11.9. The number of carbonyl (C=O) groups is 1. The lowest BCUT2D eigenvalue weighted by Crippen LogP contribution is -2.44. The molecular weight excluding hydrogens is 246 g/mol. The van der Waals surface area contributed by atoms with E-state index in [1.807, 2.05) is 11.8 Å². The first kappa shape index (κ1) is 15.8. The van der Waals surface area contributed by atoms with Crippen LogP contribution < -0.4 is 5.32 Å². The molecule has 0 spiro atoms. The normalized spacial score (nSPS) is 19.6. The van der Waals surface area contributed by atoms with Crippen molar-refractivity contribution in [2.45, 2.75) is 52.5 Å². The molecule has 0 aromatic rings. The van der Waals surface area contributed by atoms with Crippen LogP contribution in [0, 0.1) is 11.3 Å². The molecule has 0 aliphatic carbocycles. The van der Waals surface area contributed by atoms with Gasteiger partial charge in [0.25, 0.3) is 0 Å². The molecule has 0 aromatic heterocycles. The van der Waals surface area contributed by atoms with Crippen molar-refractivity contribution >= 4 is 17.7 Å². The molecule has 0 bridgehead atoms. The highest BCUT2D eigenvalue weighted by molar-refractivity contribution is 7.99. The number of aliphatic hydroxyl groups excluding tert-OH is 1. The molecular formula is C14H27NO2S. The third-order valence-corrected chi connectivity index (χ3v) is 4.66. The van der Waals surface area contributed by atoms with E-state index in [1.54, 1.807) is 0 Å². The van der Waals surface area contributed by atoms with Crippen molar-refractivity contribution in [1.82, 2.24) is 5.32 Å². The number of amides is 1. The quantitative estimate of drug-likeness (QED) is 0.809. The minimum absolute atomic E-state index is 0.000800. The second kappa shape index (κ2) is 7.39. The lowest BCUT2D eigenvalue weighted by Gasteiger charge is -2.32. The number of aliphatic hydroxyl groups is 1. The summed E-state index contributed by atoms with van der Waals surface area (Å²) in [4.78, 5) is 12.0. The van der Waals surface area contributed by atoms with E-state index >= 15 is 0 Å². The maximum atomic E-state index is 12.0. The van der Waals surface area contributed by atoms with E-state index in [4.69, 9.17) is 5.11 Å². The van der Waals surface area contributed by atoms with Gasteiger partial charge in [0, 0.05) is 19.1 Å². The summed E-state index contributed by atoms with van der Waals surface area (Å²) in [6.45, 7) is 6.43. The van der Waals surface area contributed by atoms with Gasteiger partial charge >= 0.3 is 0 Å². The Morgan fingerprint density at radius 2 is 2.00 bits per heavy atom. The minimum Gasteiger partial charge on any atom is -0.396 e. The van der Waals surface area contributed by atoms with Crippen molar-refractivity contribution in [1.29, 1.82) is 0 Å². The number of carbonyl (C=O) groups excluding carboxylic acids is 1. The monoisotopic (exact) mass is 273 g/mol. The summed E-state index contributed by atoms with van der Waals surface area (Å²) in [5, 5.41) is 12.2. The molecule has 1 amide bonds. The van der Waals surface area contributed by atoms with Gasteiger partial charge in [-0.05, 0) is 42.1 Å². The van der Waals surface area contributed by atoms with E-state index in [-0.39, 0.29) is 24.0 Å². The Hall–Kier alpha value is -0.220. The molecule has 1 unspecified atom stereocenters. The van der Waals surface area contributed by atoms with Crippen LogP contribution in [0.2, 0.25) is 0 Å². The molecule has 1 aliphatic rings. The molecule has 1 fully saturated rings. The number of hydrogen-bond donors (Lipinski definition) is 2. The summed E-state index contributed by atoms with van der Waals surface area (Å²) in [6.07, 6.45) is 3.62. The predicted octanol–water partition coefficient (Wildman–Crippen LogP) is 2.43. The molecule has 1 rings (SSSR count). The first-order chi connectivity index (χ1) is 8.43. The van der Waals surface area contributed by atoms with Gasteiger partial charge in [0.05, 0.1) is 0 Å². The highest BCUT2D eigenvalue weighted by Crippen LogP contribution is 2.26. The first-order valence-corrected chi connectivity index (χ1v) is 8.07. The van der Waals surface area contributed by atoms with Crippen LogP contribution in [0.4, 0.5) is 0 Å². The molecule has 1 atom stereocenters. The number of hydrogen-bond acceptors (Lipinski definition) is 3. The fourth-order valence-corrected chi connectivity index (χ4v) is 3.52. The maximum absolute atomic E-state index is 12.0. The van der Waals surface area contributed by atoms with Crippen LogP contribution in [-0.4, -0.2) is 35.2 Å². The SMILES string of the molecule is CC(C)(C)C(CCO)NC(=O)CC1CCSCC1. The van der Waals surface area contributed by atoms with Crippen LogP contribution in [0.3, 0.4) is 0 Å². The van der Waals surface area contributed by atoms with Gasteiger partial charge in [0.1, 0.15) is 0 Å². The van der Waals surface area contributed by atoms with Gasteiger partial charge in [-0.2, -0.15) is 11.8 Å². The second-order valence-corrected chi connectivity index (χ2v) is 7.48. The smallest absolute Gasteiger partial charge is 0.220 e. The summed E-state index contributed by atoms with van der Waals surface area (Å²) in [5.41, 5.74) is 0.000800. The molecule has 4 heteroatoms. The number of rotatable bonds is 5. The fourth-order valence-electron chi connectivity index (χ4n) is 2.32. The van der Waals surface area contributed by atoms with Crippen LogP contribution in [0.1, 0.15) is 46.5 Å². The van der Waals surface area contributed by atoms with Gasteiger partial charge in [0.15, 0.2) is 0 Å². The molecule has 2 N–H and O–H groups in total. The van der Waals surface area contributed by atoms with Crippen LogP contribution in [0.25, 0.3) is 0 Å². The Labute approximate surface area is 115 Å². The van der Waals surface area contributed by atoms with Gasteiger partial charge in [-0.3, -0.25) is 4.79 Å². The molecule has 1 aliphatic heterocycles. The zero-order chi connectivity index (χ0) is 13.6. The van der Waals surface area contributed by atoms with E-state index in [9.17, 15) is 4.79 Å². The highest BCUT2D eigenvalue weighted by Gasteiger charge is 2.26. The second-order valence-electron chi connectivity index (χ2n) is 6.26. The Morgan fingerprint density at radius 1 is 1.39 bits per heavy atom. The van der Waals surface area contributed by atoms with Gasteiger partial charge in [-0.25, -0.2) is 0 Å². The minimum atomic E-state index is 0.000800. The van der Waals surface area contributed by atoms with E-state index in [0.29, 0.717) is 18.8 Å². The first-order valence-electron chi connectivity index (χ1n) is 6.91. The molecule has 1 saturated heterocycles. The van der Waals surface area contributed by atoms with Crippen LogP contribution in [-0.2, 0) is 4.79 Å². The Bertz CT molecular complexity index is 257. The van der Waals surface area contributed by atoms with Crippen molar-refractivity contribution in [3.8, 4) is 0 Å². The van der Waals surface area contributed by atoms with Crippen LogP contribution >= 0.6 is 11.8 Å². The third kappa shape index (κ3) is 5.61.